The number of phenolic OH excluding ortho intramolecular Hbond substituents is 2. The SMILES string of the molecule is CC(C)(c1ccccc1O)C(c1ccccc1O)n1nc2ccccc2n1. The van der Waals surface area contributed by atoms with E-state index >= 15 is 0 Å². The summed E-state index contributed by atoms with van der Waals surface area (Å²) in [6, 6.07) is 21.7. The first-order valence-corrected chi connectivity index (χ1v) is 8.86. The summed E-state index contributed by atoms with van der Waals surface area (Å²) >= 11 is 0. The van der Waals surface area contributed by atoms with Gasteiger partial charge in [0.1, 0.15) is 28.6 Å². The number of aromatic nitrogens is 3. The zero-order valence-corrected chi connectivity index (χ0v) is 15.2. The van der Waals surface area contributed by atoms with E-state index in [1.54, 1.807) is 29.1 Å². The lowest BCUT2D eigenvalue weighted by atomic mass is 9.74. The van der Waals surface area contributed by atoms with Gasteiger partial charge in [0.15, 0.2) is 0 Å². The van der Waals surface area contributed by atoms with Crippen LogP contribution in [-0.2, 0) is 5.41 Å². The molecule has 0 spiro atoms. The molecular weight excluding hydrogens is 338 g/mol. The van der Waals surface area contributed by atoms with Crippen molar-refractivity contribution in [2.75, 3.05) is 0 Å². The fourth-order valence-electron chi connectivity index (χ4n) is 3.68. The van der Waals surface area contributed by atoms with Crippen molar-refractivity contribution in [2.45, 2.75) is 25.3 Å². The standard InChI is InChI=1S/C22H21N3O2/c1-22(2,16-10-4-8-14-20(16)27)21(15-9-3-7-13-19(15)26)25-23-17-11-5-6-12-18(17)24-25/h3-14,21,26-27H,1-2H3. The van der Waals surface area contributed by atoms with Crippen molar-refractivity contribution in [1.82, 2.24) is 15.0 Å². The molecule has 1 aromatic heterocycles. The molecular formula is C22H21N3O2. The predicted octanol–water partition coefficient (Wildman–Crippen LogP) is 4.41. The van der Waals surface area contributed by atoms with E-state index < -0.39 is 11.5 Å². The Morgan fingerprint density at radius 1 is 0.741 bits per heavy atom. The molecule has 5 heteroatoms. The van der Waals surface area contributed by atoms with Crippen molar-refractivity contribution >= 4 is 11.0 Å². The van der Waals surface area contributed by atoms with Crippen molar-refractivity contribution in [3.63, 3.8) is 0 Å². The minimum absolute atomic E-state index is 0.173. The highest BCUT2D eigenvalue weighted by molar-refractivity contribution is 5.73. The van der Waals surface area contributed by atoms with Crippen LogP contribution in [0.2, 0.25) is 0 Å². The van der Waals surface area contributed by atoms with Crippen molar-refractivity contribution in [3.05, 3.63) is 83.9 Å². The summed E-state index contributed by atoms with van der Waals surface area (Å²) in [5.41, 5.74) is 2.43. The van der Waals surface area contributed by atoms with Gasteiger partial charge in [-0.3, -0.25) is 0 Å². The molecule has 0 aliphatic rings. The summed E-state index contributed by atoms with van der Waals surface area (Å²) in [6.45, 7) is 4.04. The molecule has 5 nitrogen and oxygen atoms in total. The summed E-state index contributed by atoms with van der Waals surface area (Å²) in [5.74, 6) is 0.381. The predicted molar refractivity (Wildman–Crippen MR) is 105 cm³/mol. The normalized spacial score (nSPS) is 13.0. The van der Waals surface area contributed by atoms with Gasteiger partial charge >= 0.3 is 0 Å². The maximum absolute atomic E-state index is 10.6. The number of hydrogen-bond acceptors (Lipinski definition) is 4. The van der Waals surface area contributed by atoms with Gasteiger partial charge in [-0.25, -0.2) is 0 Å². The molecule has 1 heterocycles. The van der Waals surface area contributed by atoms with Crippen LogP contribution in [0.5, 0.6) is 11.5 Å². The van der Waals surface area contributed by atoms with Gasteiger partial charge in [0.05, 0.1) is 0 Å². The number of benzene rings is 3. The lowest BCUT2D eigenvalue weighted by Crippen LogP contribution is -2.33. The average molecular weight is 359 g/mol. The molecule has 27 heavy (non-hydrogen) atoms. The third kappa shape index (κ3) is 2.91. The quantitative estimate of drug-likeness (QED) is 0.566. The number of hydrogen-bond donors (Lipinski definition) is 2. The third-order valence-electron chi connectivity index (χ3n) is 5.05. The Morgan fingerprint density at radius 2 is 1.26 bits per heavy atom. The van der Waals surface area contributed by atoms with Crippen LogP contribution >= 0.6 is 0 Å². The molecule has 0 saturated carbocycles. The molecule has 2 N–H and O–H groups in total. The molecule has 1 unspecified atom stereocenters. The van der Waals surface area contributed by atoms with Crippen molar-refractivity contribution in [1.29, 1.82) is 0 Å². The Kier molecular flexibility index (Phi) is 4.07. The van der Waals surface area contributed by atoms with E-state index in [-0.39, 0.29) is 11.5 Å². The van der Waals surface area contributed by atoms with E-state index in [1.807, 2.05) is 62.4 Å². The molecule has 3 aromatic carbocycles. The average Bonchev–Trinajstić information content (AvgIpc) is 3.07. The Morgan fingerprint density at radius 3 is 1.85 bits per heavy atom. The van der Waals surface area contributed by atoms with Gasteiger partial charge in [0, 0.05) is 16.5 Å². The van der Waals surface area contributed by atoms with Gasteiger partial charge in [0.2, 0.25) is 0 Å². The van der Waals surface area contributed by atoms with E-state index in [0.29, 0.717) is 5.56 Å². The number of aromatic hydroxyl groups is 2. The highest BCUT2D eigenvalue weighted by Crippen LogP contribution is 2.44. The van der Waals surface area contributed by atoms with Crippen molar-refractivity contribution in [3.8, 4) is 11.5 Å². The molecule has 0 saturated heterocycles. The minimum Gasteiger partial charge on any atom is -0.508 e. The van der Waals surface area contributed by atoms with Gasteiger partial charge in [0.25, 0.3) is 0 Å². The van der Waals surface area contributed by atoms with Crippen LogP contribution in [0.25, 0.3) is 11.0 Å². The van der Waals surface area contributed by atoms with Gasteiger partial charge in [-0.15, -0.1) is 0 Å². The number of nitrogens with zero attached hydrogens (tertiary/aromatic N) is 3. The van der Waals surface area contributed by atoms with Crippen LogP contribution < -0.4 is 0 Å². The van der Waals surface area contributed by atoms with E-state index in [2.05, 4.69) is 10.2 Å². The van der Waals surface area contributed by atoms with Gasteiger partial charge in [-0.2, -0.15) is 15.0 Å². The highest BCUT2D eigenvalue weighted by atomic mass is 16.3. The van der Waals surface area contributed by atoms with Crippen LogP contribution in [0.1, 0.15) is 31.0 Å². The molecule has 0 amide bonds. The summed E-state index contributed by atoms with van der Waals surface area (Å²) in [5, 5.41) is 30.4. The Balaban J connectivity index is 1.96. The minimum atomic E-state index is -0.598. The van der Waals surface area contributed by atoms with Gasteiger partial charge in [-0.1, -0.05) is 62.4 Å². The lowest BCUT2D eigenvalue weighted by Gasteiger charge is -2.35. The first-order chi connectivity index (χ1) is 13.0. The van der Waals surface area contributed by atoms with Crippen molar-refractivity contribution < 1.29 is 10.2 Å². The van der Waals surface area contributed by atoms with Crippen LogP contribution in [-0.4, -0.2) is 25.2 Å². The lowest BCUT2D eigenvalue weighted by molar-refractivity contribution is 0.295. The third-order valence-corrected chi connectivity index (χ3v) is 5.05. The zero-order chi connectivity index (χ0) is 19.0. The summed E-state index contributed by atoms with van der Waals surface area (Å²) in [7, 11) is 0. The number of rotatable bonds is 4. The maximum atomic E-state index is 10.6. The van der Waals surface area contributed by atoms with Crippen LogP contribution in [0.3, 0.4) is 0 Å². The molecule has 136 valence electrons. The number of para-hydroxylation sites is 2. The van der Waals surface area contributed by atoms with Gasteiger partial charge in [-0.05, 0) is 24.3 Å². The molecule has 1 atom stereocenters. The second-order valence-electron chi connectivity index (χ2n) is 7.21. The van der Waals surface area contributed by atoms with E-state index in [4.69, 9.17) is 0 Å². The topological polar surface area (TPSA) is 71.2 Å². The largest absolute Gasteiger partial charge is 0.508 e. The highest BCUT2D eigenvalue weighted by Gasteiger charge is 2.38. The zero-order valence-electron chi connectivity index (χ0n) is 15.2. The summed E-state index contributed by atoms with van der Waals surface area (Å²) in [4.78, 5) is 1.64. The van der Waals surface area contributed by atoms with E-state index in [1.165, 1.54) is 0 Å². The summed E-state index contributed by atoms with van der Waals surface area (Å²) in [6.07, 6.45) is 0. The molecule has 0 aliphatic heterocycles. The van der Waals surface area contributed by atoms with Gasteiger partial charge < -0.3 is 10.2 Å². The Hall–Kier alpha value is -3.34. The van der Waals surface area contributed by atoms with Crippen LogP contribution in [0.4, 0.5) is 0 Å². The molecule has 4 aromatic rings. The van der Waals surface area contributed by atoms with E-state index in [9.17, 15) is 10.2 Å². The molecule has 0 bridgehead atoms. The molecule has 0 aliphatic carbocycles. The first-order valence-electron chi connectivity index (χ1n) is 8.86. The number of phenols is 2. The second-order valence-corrected chi connectivity index (χ2v) is 7.21. The molecule has 4 rings (SSSR count). The Bertz CT molecular complexity index is 1070. The first kappa shape index (κ1) is 17.1. The van der Waals surface area contributed by atoms with E-state index in [0.717, 1.165) is 16.6 Å². The maximum Gasteiger partial charge on any atom is 0.121 e. The number of fused-ring (bicyclic) bond motifs is 1. The Labute approximate surface area is 157 Å². The fourth-order valence-corrected chi connectivity index (χ4v) is 3.68. The second kappa shape index (κ2) is 6.43. The molecule has 0 radical (unpaired) electrons. The molecule has 0 fully saturated rings. The fraction of sp³-hybridized carbons (Fsp3) is 0.182. The van der Waals surface area contributed by atoms with Crippen LogP contribution in [0.15, 0.2) is 72.8 Å². The summed E-state index contributed by atoms with van der Waals surface area (Å²) < 4.78 is 0. The van der Waals surface area contributed by atoms with Crippen LogP contribution in [0, 0.1) is 0 Å². The van der Waals surface area contributed by atoms with Crippen molar-refractivity contribution in [2.24, 2.45) is 0 Å². The smallest absolute Gasteiger partial charge is 0.121 e. The monoisotopic (exact) mass is 359 g/mol.